The first kappa shape index (κ1) is 27.4. The molecule has 0 radical (unpaired) electrons. The van der Waals surface area contributed by atoms with Crippen LogP contribution in [0, 0.1) is 20.8 Å². The quantitative estimate of drug-likeness (QED) is 0.247. The van der Waals surface area contributed by atoms with E-state index in [1.165, 1.54) is 25.5 Å². The number of esters is 1. The van der Waals surface area contributed by atoms with Gasteiger partial charge in [0, 0.05) is 0 Å². The molecule has 0 aliphatic heterocycles. The van der Waals surface area contributed by atoms with Crippen LogP contribution in [-0.4, -0.2) is 46.8 Å². The van der Waals surface area contributed by atoms with Crippen molar-refractivity contribution in [1.82, 2.24) is 5.43 Å². The fourth-order valence-electron chi connectivity index (χ4n) is 3.37. The van der Waals surface area contributed by atoms with Gasteiger partial charge in [-0.1, -0.05) is 42.0 Å². The average molecular weight is 524 g/mol. The number of nitrogens with zero attached hydrogens (tertiary/aromatic N) is 2. The number of sulfonamides is 1. The molecule has 10 heteroatoms. The summed E-state index contributed by atoms with van der Waals surface area (Å²) in [6, 6.07) is 18.5. The molecular formula is C27H29N3O6S. The minimum atomic E-state index is -4.04. The number of methoxy groups -OCH3 is 1. The summed E-state index contributed by atoms with van der Waals surface area (Å²) in [5.41, 5.74) is 5.96. The molecule has 0 saturated carbocycles. The van der Waals surface area contributed by atoms with Crippen LogP contribution in [0.3, 0.4) is 0 Å². The lowest BCUT2D eigenvalue weighted by Gasteiger charge is -2.26. The molecular weight excluding hydrogens is 494 g/mol. The lowest BCUT2D eigenvalue weighted by Crippen LogP contribution is -2.40. The van der Waals surface area contributed by atoms with Crippen LogP contribution in [-0.2, 0) is 24.3 Å². The molecule has 194 valence electrons. The van der Waals surface area contributed by atoms with Crippen LogP contribution in [0.15, 0.2) is 76.7 Å². The molecule has 0 aliphatic rings. The maximum absolute atomic E-state index is 13.6. The van der Waals surface area contributed by atoms with Crippen LogP contribution in [0.1, 0.15) is 22.3 Å². The van der Waals surface area contributed by atoms with Gasteiger partial charge in [-0.15, -0.1) is 0 Å². The van der Waals surface area contributed by atoms with E-state index in [0.717, 1.165) is 21.0 Å². The van der Waals surface area contributed by atoms with Crippen LogP contribution >= 0.6 is 0 Å². The number of aryl methyl sites for hydroxylation is 2. The molecule has 0 aromatic heterocycles. The molecule has 0 aliphatic carbocycles. The maximum Gasteiger partial charge on any atom is 0.343 e. The Kier molecular flexibility index (Phi) is 9.02. The number of hydrogen-bond donors (Lipinski definition) is 1. The van der Waals surface area contributed by atoms with Gasteiger partial charge in [-0.25, -0.2) is 18.6 Å². The van der Waals surface area contributed by atoms with Crippen molar-refractivity contribution >= 4 is 33.8 Å². The number of carbonyl (C=O) groups excluding carboxylic acids is 2. The Hall–Kier alpha value is -4.18. The van der Waals surface area contributed by atoms with Gasteiger partial charge in [-0.2, -0.15) is 5.10 Å². The number of benzene rings is 3. The smallest absolute Gasteiger partial charge is 0.343 e. The van der Waals surface area contributed by atoms with E-state index in [1.807, 2.05) is 26.8 Å². The van der Waals surface area contributed by atoms with Crippen LogP contribution < -0.4 is 14.5 Å². The first-order valence-electron chi connectivity index (χ1n) is 11.4. The Morgan fingerprint density at radius 3 is 2.41 bits per heavy atom. The SMILES string of the molecule is COC(=O)COc1cccc(/C=N\NC(=O)CN(c2cccc(C)c2C)S(=O)(=O)c2ccc(C)cc2)c1. The summed E-state index contributed by atoms with van der Waals surface area (Å²) in [5.74, 6) is -0.711. The molecule has 0 spiro atoms. The molecule has 3 aromatic carbocycles. The molecule has 0 unspecified atom stereocenters. The van der Waals surface area contributed by atoms with Crippen LogP contribution in [0.5, 0.6) is 5.75 Å². The van der Waals surface area contributed by atoms with Crippen molar-refractivity contribution in [2.75, 3.05) is 24.6 Å². The lowest BCUT2D eigenvalue weighted by atomic mass is 10.1. The predicted octanol–water partition coefficient (Wildman–Crippen LogP) is 3.51. The van der Waals surface area contributed by atoms with E-state index in [0.29, 0.717) is 17.0 Å². The van der Waals surface area contributed by atoms with Crippen molar-refractivity contribution in [2.24, 2.45) is 5.10 Å². The monoisotopic (exact) mass is 523 g/mol. The Labute approximate surface area is 216 Å². The number of hydrazone groups is 1. The van der Waals surface area contributed by atoms with E-state index < -0.39 is 28.4 Å². The fraction of sp³-hybridized carbons (Fsp3) is 0.222. The number of nitrogens with one attached hydrogen (secondary N) is 1. The summed E-state index contributed by atoms with van der Waals surface area (Å²) in [5, 5.41) is 3.95. The van der Waals surface area contributed by atoms with Gasteiger partial charge in [0.15, 0.2) is 6.61 Å². The molecule has 0 atom stereocenters. The van der Waals surface area contributed by atoms with Crippen LogP contribution in [0.2, 0.25) is 0 Å². The summed E-state index contributed by atoms with van der Waals surface area (Å²) in [6.45, 7) is 4.85. The summed E-state index contributed by atoms with van der Waals surface area (Å²) in [7, 11) is -2.77. The number of rotatable bonds is 10. The predicted molar refractivity (Wildman–Crippen MR) is 141 cm³/mol. The Morgan fingerprint density at radius 2 is 1.70 bits per heavy atom. The zero-order valence-electron chi connectivity index (χ0n) is 21.1. The van der Waals surface area contributed by atoms with Crippen molar-refractivity contribution < 1.29 is 27.5 Å². The molecule has 9 nitrogen and oxygen atoms in total. The van der Waals surface area contributed by atoms with Gasteiger partial charge in [0.2, 0.25) is 0 Å². The summed E-state index contributed by atoms with van der Waals surface area (Å²) < 4.78 is 38.1. The van der Waals surface area contributed by atoms with E-state index >= 15 is 0 Å². The molecule has 0 heterocycles. The summed E-state index contributed by atoms with van der Waals surface area (Å²) in [4.78, 5) is 24.2. The number of carbonyl (C=O) groups is 2. The highest BCUT2D eigenvalue weighted by molar-refractivity contribution is 7.92. The molecule has 3 aromatic rings. The van der Waals surface area contributed by atoms with E-state index in [-0.39, 0.29) is 11.5 Å². The lowest BCUT2D eigenvalue weighted by molar-refractivity contribution is -0.142. The Bertz CT molecular complexity index is 1400. The number of anilines is 1. The first-order chi connectivity index (χ1) is 17.6. The Balaban J connectivity index is 1.79. The van der Waals surface area contributed by atoms with Gasteiger partial charge in [-0.05, 0) is 67.8 Å². The van der Waals surface area contributed by atoms with E-state index in [4.69, 9.17) is 4.74 Å². The molecule has 3 rings (SSSR count). The molecule has 0 saturated heterocycles. The molecule has 1 N–H and O–H groups in total. The minimum Gasteiger partial charge on any atom is -0.482 e. The zero-order chi connectivity index (χ0) is 27.0. The van der Waals surface area contributed by atoms with E-state index in [2.05, 4.69) is 15.3 Å². The average Bonchev–Trinajstić information content (AvgIpc) is 2.88. The van der Waals surface area contributed by atoms with Crippen molar-refractivity contribution in [3.8, 4) is 5.75 Å². The Morgan fingerprint density at radius 1 is 1.00 bits per heavy atom. The second kappa shape index (κ2) is 12.2. The first-order valence-corrected chi connectivity index (χ1v) is 12.8. The summed E-state index contributed by atoms with van der Waals surface area (Å²) >= 11 is 0. The van der Waals surface area contributed by atoms with Crippen LogP contribution in [0.25, 0.3) is 0 Å². The van der Waals surface area contributed by atoms with Crippen molar-refractivity contribution in [2.45, 2.75) is 25.7 Å². The normalized spacial score (nSPS) is 11.2. The highest BCUT2D eigenvalue weighted by Gasteiger charge is 2.28. The summed E-state index contributed by atoms with van der Waals surface area (Å²) in [6.07, 6.45) is 1.39. The van der Waals surface area contributed by atoms with Gasteiger partial charge in [0.1, 0.15) is 12.3 Å². The van der Waals surface area contributed by atoms with Gasteiger partial charge in [0.05, 0.1) is 23.9 Å². The van der Waals surface area contributed by atoms with Gasteiger partial charge < -0.3 is 9.47 Å². The van der Waals surface area contributed by atoms with E-state index in [1.54, 1.807) is 48.5 Å². The number of amides is 1. The molecule has 37 heavy (non-hydrogen) atoms. The van der Waals surface area contributed by atoms with Crippen molar-refractivity contribution in [1.29, 1.82) is 0 Å². The van der Waals surface area contributed by atoms with E-state index in [9.17, 15) is 18.0 Å². The third kappa shape index (κ3) is 7.17. The second-order valence-corrected chi connectivity index (χ2v) is 10.1. The van der Waals surface area contributed by atoms with Crippen molar-refractivity contribution in [3.63, 3.8) is 0 Å². The number of hydrogen-bond acceptors (Lipinski definition) is 7. The molecule has 1 amide bonds. The second-order valence-electron chi connectivity index (χ2n) is 8.27. The van der Waals surface area contributed by atoms with Crippen LogP contribution in [0.4, 0.5) is 5.69 Å². The molecule has 0 bridgehead atoms. The standard InChI is InChI=1S/C27H29N3O6S/c1-19-11-13-24(14-12-19)37(33,34)30(25-10-5-7-20(2)21(25)3)17-26(31)29-28-16-22-8-6-9-23(15-22)36-18-27(32)35-4/h5-16H,17-18H2,1-4H3,(H,29,31)/b28-16-. The highest BCUT2D eigenvalue weighted by atomic mass is 32.2. The third-order valence-corrected chi connectivity index (χ3v) is 7.36. The maximum atomic E-state index is 13.6. The third-order valence-electron chi connectivity index (χ3n) is 5.59. The molecule has 0 fully saturated rings. The highest BCUT2D eigenvalue weighted by Crippen LogP contribution is 2.28. The zero-order valence-corrected chi connectivity index (χ0v) is 21.9. The number of ether oxygens (including phenoxy) is 2. The van der Waals surface area contributed by atoms with Crippen molar-refractivity contribution in [3.05, 3.63) is 89.0 Å². The largest absolute Gasteiger partial charge is 0.482 e. The fourth-order valence-corrected chi connectivity index (χ4v) is 4.85. The van der Waals surface area contributed by atoms with Gasteiger partial charge in [0.25, 0.3) is 15.9 Å². The minimum absolute atomic E-state index is 0.0825. The van der Waals surface area contributed by atoms with Gasteiger partial charge >= 0.3 is 5.97 Å². The van der Waals surface area contributed by atoms with Gasteiger partial charge in [-0.3, -0.25) is 9.10 Å². The topological polar surface area (TPSA) is 114 Å².